The van der Waals surface area contributed by atoms with Crippen LogP contribution in [0.5, 0.6) is 11.6 Å². The average molecular weight is 284 g/mol. The Morgan fingerprint density at radius 2 is 2.10 bits per heavy atom. The molecule has 0 radical (unpaired) electrons. The summed E-state index contributed by atoms with van der Waals surface area (Å²) in [6, 6.07) is 7.03. The first-order valence-corrected chi connectivity index (χ1v) is 6.78. The maximum atomic E-state index is 11.7. The standard InChI is InChI=1S/C15H16N4O2/c1-9-4-11(16)6-12(5-9)21-14-7-13(17-8-18-14)19-15(20)10-2-3-10/h4-8,10H,2-3,16H2,1H3,(H,17,18,19,20). The number of carbonyl (C=O) groups is 1. The van der Waals surface area contributed by atoms with Crippen LogP contribution in [0.4, 0.5) is 11.5 Å². The van der Waals surface area contributed by atoms with Crippen LogP contribution in [0.1, 0.15) is 18.4 Å². The Labute approximate surface area is 122 Å². The molecule has 0 aliphatic heterocycles. The van der Waals surface area contributed by atoms with Gasteiger partial charge in [0.15, 0.2) is 0 Å². The normalized spacial score (nSPS) is 13.8. The Hall–Kier alpha value is -2.63. The number of nitrogen functional groups attached to an aromatic ring is 1. The minimum absolute atomic E-state index is 0.000509. The molecular formula is C15H16N4O2. The smallest absolute Gasteiger partial charge is 0.228 e. The number of anilines is 2. The van der Waals surface area contributed by atoms with Gasteiger partial charge in [-0.3, -0.25) is 4.79 Å². The SMILES string of the molecule is Cc1cc(N)cc(Oc2cc(NC(=O)C3CC3)ncn2)c1. The highest BCUT2D eigenvalue weighted by Crippen LogP contribution is 2.30. The minimum Gasteiger partial charge on any atom is -0.439 e. The molecule has 0 unspecified atom stereocenters. The Kier molecular flexibility index (Phi) is 3.43. The van der Waals surface area contributed by atoms with Crippen molar-refractivity contribution in [2.45, 2.75) is 19.8 Å². The van der Waals surface area contributed by atoms with Gasteiger partial charge in [-0.1, -0.05) is 0 Å². The molecule has 108 valence electrons. The zero-order chi connectivity index (χ0) is 14.8. The van der Waals surface area contributed by atoms with Crippen LogP contribution in [-0.4, -0.2) is 15.9 Å². The molecular weight excluding hydrogens is 268 g/mol. The van der Waals surface area contributed by atoms with Gasteiger partial charge in [-0.05, 0) is 37.5 Å². The average Bonchev–Trinajstić information content (AvgIpc) is 3.21. The van der Waals surface area contributed by atoms with Gasteiger partial charge < -0.3 is 15.8 Å². The molecule has 6 heteroatoms. The summed E-state index contributed by atoms with van der Waals surface area (Å²) in [5, 5.41) is 2.76. The van der Waals surface area contributed by atoms with Crippen LogP contribution in [0.2, 0.25) is 0 Å². The second-order valence-electron chi connectivity index (χ2n) is 5.19. The molecule has 1 aliphatic rings. The van der Waals surface area contributed by atoms with Crippen molar-refractivity contribution in [1.82, 2.24) is 9.97 Å². The predicted octanol–water partition coefficient (Wildman–Crippen LogP) is 2.51. The molecule has 1 amide bonds. The second kappa shape index (κ2) is 5.40. The van der Waals surface area contributed by atoms with Gasteiger partial charge in [0.1, 0.15) is 17.9 Å². The third kappa shape index (κ3) is 3.47. The predicted molar refractivity (Wildman–Crippen MR) is 79.1 cm³/mol. The summed E-state index contributed by atoms with van der Waals surface area (Å²) < 4.78 is 5.66. The summed E-state index contributed by atoms with van der Waals surface area (Å²) in [7, 11) is 0. The fourth-order valence-electron chi connectivity index (χ4n) is 1.99. The van der Waals surface area contributed by atoms with Crippen molar-refractivity contribution in [2.24, 2.45) is 5.92 Å². The molecule has 1 saturated carbocycles. The number of ether oxygens (including phenoxy) is 1. The summed E-state index contributed by atoms with van der Waals surface area (Å²) in [4.78, 5) is 19.8. The number of aryl methyl sites for hydroxylation is 1. The van der Waals surface area contributed by atoms with Crippen LogP contribution >= 0.6 is 0 Å². The highest BCUT2D eigenvalue weighted by Gasteiger charge is 2.29. The molecule has 0 saturated heterocycles. The first kappa shape index (κ1) is 13.4. The molecule has 2 aromatic rings. The third-order valence-corrected chi connectivity index (χ3v) is 3.14. The lowest BCUT2D eigenvalue weighted by Gasteiger charge is -2.08. The number of amides is 1. The van der Waals surface area contributed by atoms with Crippen LogP contribution in [0.25, 0.3) is 0 Å². The van der Waals surface area contributed by atoms with Crippen molar-refractivity contribution in [3.05, 3.63) is 36.2 Å². The number of carbonyl (C=O) groups excluding carboxylic acids is 1. The van der Waals surface area contributed by atoms with Crippen molar-refractivity contribution in [3.63, 3.8) is 0 Å². The summed E-state index contributed by atoms with van der Waals surface area (Å²) >= 11 is 0. The number of nitrogens with two attached hydrogens (primary N) is 1. The lowest BCUT2D eigenvalue weighted by molar-refractivity contribution is -0.117. The number of nitrogens with one attached hydrogen (secondary N) is 1. The highest BCUT2D eigenvalue weighted by atomic mass is 16.5. The second-order valence-corrected chi connectivity index (χ2v) is 5.19. The Morgan fingerprint density at radius 3 is 2.81 bits per heavy atom. The zero-order valence-electron chi connectivity index (χ0n) is 11.7. The van der Waals surface area contributed by atoms with Gasteiger partial charge >= 0.3 is 0 Å². The first-order valence-electron chi connectivity index (χ1n) is 6.78. The van der Waals surface area contributed by atoms with E-state index in [1.807, 2.05) is 19.1 Å². The van der Waals surface area contributed by atoms with E-state index in [4.69, 9.17) is 10.5 Å². The van der Waals surface area contributed by atoms with Gasteiger partial charge in [0.2, 0.25) is 11.8 Å². The van der Waals surface area contributed by atoms with Crippen molar-refractivity contribution < 1.29 is 9.53 Å². The molecule has 3 rings (SSSR count). The maximum Gasteiger partial charge on any atom is 0.228 e. The van der Waals surface area contributed by atoms with Crippen LogP contribution in [0.15, 0.2) is 30.6 Å². The van der Waals surface area contributed by atoms with E-state index in [1.54, 1.807) is 12.1 Å². The van der Waals surface area contributed by atoms with E-state index in [9.17, 15) is 4.79 Å². The Morgan fingerprint density at radius 1 is 1.29 bits per heavy atom. The van der Waals surface area contributed by atoms with Gasteiger partial charge in [0.05, 0.1) is 0 Å². The molecule has 1 aromatic carbocycles. The van der Waals surface area contributed by atoms with E-state index in [2.05, 4.69) is 15.3 Å². The van der Waals surface area contributed by atoms with Crippen LogP contribution < -0.4 is 15.8 Å². The molecule has 0 spiro atoms. The monoisotopic (exact) mass is 284 g/mol. The van der Waals surface area contributed by atoms with Gasteiger partial charge in [0, 0.05) is 23.7 Å². The van der Waals surface area contributed by atoms with Crippen molar-refractivity contribution in [3.8, 4) is 11.6 Å². The number of benzene rings is 1. The van der Waals surface area contributed by atoms with Crippen LogP contribution in [0, 0.1) is 12.8 Å². The Bertz CT molecular complexity index is 663. The topological polar surface area (TPSA) is 90.1 Å². The molecule has 1 aliphatic carbocycles. The number of hydrogen-bond acceptors (Lipinski definition) is 5. The van der Waals surface area contributed by atoms with Gasteiger partial charge in [-0.2, -0.15) is 0 Å². The number of nitrogens with zero attached hydrogens (tertiary/aromatic N) is 2. The van der Waals surface area contributed by atoms with Crippen LogP contribution in [-0.2, 0) is 4.79 Å². The van der Waals surface area contributed by atoms with Gasteiger partial charge in [0.25, 0.3) is 0 Å². The minimum atomic E-state index is -0.000509. The number of rotatable bonds is 4. The first-order chi connectivity index (χ1) is 10.1. The largest absolute Gasteiger partial charge is 0.439 e. The summed E-state index contributed by atoms with van der Waals surface area (Å²) in [5.74, 6) is 1.53. The maximum absolute atomic E-state index is 11.7. The number of aromatic nitrogens is 2. The van der Waals surface area contributed by atoms with Crippen molar-refractivity contribution >= 4 is 17.4 Å². The van der Waals surface area contributed by atoms with E-state index in [0.29, 0.717) is 23.1 Å². The molecule has 3 N–H and O–H groups in total. The third-order valence-electron chi connectivity index (χ3n) is 3.14. The van der Waals surface area contributed by atoms with Gasteiger partial charge in [-0.25, -0.2) is 9.97 Å². The molecule has 1 fully saturated rings. The molecule has 0 atom stereocenters. The highest BCUT2D eigenvalue weighted by molar-refractivity contribution is 5.93. The molecule has 1 aromatic heterocycles. The molecule has 21 heavy (non-hydrogen) atoms. The molecule has 0 bridgehead atoms. The lowest BCUT2D eigenvalue weighted by atomic mass is 10.2. The van der Waals surface area contributed by atoms with E-state index in [1.165, 1.54) is 6.33 Å². The van der Waals surface area contributed by atoms with E-state index in [0.717, 1.165) is 18.4 Å². The van der Waals surface area contributed by atoms with Crippen molar-refractivity contribution in [2.75, 3.05) is 11.1 Å². The number of hydrogen-bond donors (Lipinski definition) is 2. The zero-order valence-corrected chi connectivity index (χ0v) is 11.7. The lowest BCUT2D eigenvalue weighted by Crippen LogP contribution is -2.14. The summed E-state index contributed by atoms with van der Waals surface area (Å²) in [6.45, 7) is 1.94. The van der Waals surface area contributed by atoms with E-state index in [-0.39, 0.29) is 11.8 Å². The fourth-order valence-corrected chi connectivity index (χ4v) is 1.99. The molecule has 1 heterocycles. The summed E-state index contributed by atoms with van der Waals surface area (Å²) in [6.07, 6.45) is 3.25. The fraction of sp³-hybridized carbons (Fsp3) is 0.267. The van der Waals surface area contributed by atoms with E-state index >= 15 is 0 Å². The van der Waals surface area contributed by atoms with E-state index < -0.39 is 0 Å². The quantitative estimate of drug-likeness (QED) is 0.842. The summed E-state index contributed by atoms with van der Waals surface area (Å²) in [5.41, 5.74) is 7.41. The Balaban J connectivity index is 1.74. The van der Waals surface area contributed by atoms with Crippen LogP contribution in [0.3, 0.4) is 0 Å². The molecule has 6 nitrogen and oxygen atoms in total. The van der Waals surface area contributed by atoms with Gasteiger partial charge in [-0.15, -0.1) is 0 Å². The van der Waals surface area contributed by atoms with Crippen molar-refractivity contribution in [1.29, 1.82) is 0 Å².